The van der Waals surface area contributed by atoms with Crippen LogP contribution < -0.4 is 0 Å². The van der Waals surface area contributed by atoms with Crippen LogP contribution in [-0.4, -0.2) is 36.9 Å². The van der Waals surface area contributed by atoms with E-state index >= 15 is 0 Å². The molecule has 0 spiro atoms. The lowest BCUT2D eigenvalue weighted by Gasteiger charge is -2.34. The van der Waals surface area contributed by atoms with Gasteiger partial charge in [-0.2, -0.15) is 5.10 Å². The van der Waals surface area contributed by atoms with Gasteiger partial charge in [0, 0.05) is 41.6 Å². The Kier molecular flexibility index (Phi) is 3.77. The fourth-order valence-electron chi connectivity index (χ4n) is 3.02. The van der Waals surface area contributed by atoms with Gasteiger partial charge in [-0.1, -0.05) is 11.6 Å². The maximum atomic E-state index is 12.9. The van der Waals surface area contributed by atoms with Crippen molar-refractivity contribution < 1.29 is 4.79 Å². The van der Waals surface area contributed by atoms with Crippen molar-refractivity contribution in [3.63, 3.8) is 0 Å². The summed E-state index contributed by atoms with van der Waals surface area (Å²) in [4.78, 5) is 23.4. The number of rotatable bonds is 1. The van der Waals surface area contributed by atoms with E-state index in [2.05, 4.69) is 31.0 Å². The Morgan fingerprint density at radius 1 is 1.33 bits per heavy atom. The first-order chi connectivity index (χ1) is 11.5. The smallest absolute Gasteiger partial charge is 0.274 e. The van der Waals surface area contributed by atoms with E-state index in [1.807, 2.05) is 17.9 Å². The lowest BCUT2D eigenvalue weighted by atomic mass is 9.98. The van der Waals surface area contributed by atoms with E-state index in [1.54, 1.807) is 18.5 Å². The van der Waals surface area contributed by atoms with Crippen LogP contribution in [0.3, 0.4) is 0 Å². The molecule has 3 aromatic rings. The second-order valence-electron chi connectivity index (χ2n) is 5.72. The molecular weight excluding hydrogens is 394 g/mol. The van der Waals surface area contributed by atoms with Crippen LogP contribution in [0.4, 0.5) is 0 Å². The molecule has 1 aliphatic rings. The van der Waals surface area contributed by atoms with Crippen molar-refractivity contribution in [1.29, 1.82) is 0 Å². The molecule has 122 valence electrons. The van der Waals surface area contributed by atoms with Gasteiger partial charge in [-0.25, -0.2) is 9.50 Å². The van der Waals surface area contributed by atoms with Crippen molar-refractivity contribution >= 4 is 39.1 Å². The van der Waals surface area contributed by atoms with E-state index in [1.165, 1.54) is 10.7 Å². The Hall–Kier alpha value is -1.99. The van der Waals surface area contributed by atoms with Crippen LogP contribution in [0.1, 0.15) is 34.7 Å². The number of halogens is 2. The van der Waals surface area contributed by atoms with Gasteiger partial charge in [0.15, 0.2) is 11.3 Å². The summed E-state index contributed by atoms with van der Waals surface area (Å²) in [5.41, 5.74) is 3.06. The number of nitrogens with zero attached hydrogens (tertiary/aromatic N) is 5. The molecule has 3 aromatic heterocycles. The SMILES string of the molecule is CC1c2cc(Br)cnc2CCN1C(=O)c1cc2ncc(Cl)cn2n1. The topological polar surface area (TPSA) is 63.4 Å². The summed E-state index contributed by atoms with van der Waals surface area (Å²) in [6.45, 7) is 2.62. The van der Waals surface area contributed by atoms with Gasteiger partial charge in [-0.15, -0.1) is 0 Å². The van der Waals surface area contributed by atoms with Gasteiger partial charge in [-0.3, -0.25) is 9.78 Å². The third kappa shape index (κ3) is 2.57. The Bertz CT molecular complexity index is 957. The van der Waals surface area contributed by atoms with Gasteiger partial charge in [0.1, 0.15) is 0 Å². The summed E-state index contributed by atoms with van der Waals surface area (Å²) in [5, 5.41) is 4.78. The summed E-state index contributed by atoms with van der Waals surface area (Å²) < 4.78 is 2.44. The highest BCUT2D eigenvalue weighted by Gasteiger charge is 2.30. The van der Waals surface area contributed by atoms with E-state index < -0.39 is 0 Å². The average Bonchev–Trinajstić information content (AvgIpc) is 2.98. The molecule has 0 radical (unpaired) electrons. The molecule has 0 saturated heterocycles. The second kappa shape index (κ2) is 5.82. The normalized spacial score (nSPS) is 17.1. The minimum absolute atomic E-state index is 0.0624. The fraction of sp³-hybridized carbons (Fsp3) is 0.250. The molecule has 0 bridgehead atoms. The van der Waals surface area contributed by atoms with Gasteiger partial charge in [0.2, 0.25) is 0 Å². The second-order valence-corrected chi connectivity index (χ2v) is 7.07. The molecule has 1 atom stereocenters. The highest BCUT2D eigenvalue weighted by Crippen LogP contribution is 2.31. The molecule has 24 heavy (non-hydrogen) atoms. The Balaban J connectivity index is 1.68. The maximum Gasteiger partial charge on any atom is 0.274 e. The monoisotopic (exact) mass is 405 g/mol. The lowest BCUT2D eigenvalue weighted by Crippen LogP contribution is -2.39. The van der Waals surface area contributed by atoms with Crippen LogP contribution in [0.2, 0.25) is 5.02 Å². The molecule has 4 rings (SSSR count). The Labute approximate surface area is 151 Å². The van der Waals surface area contributed by atoms with Crippen LogP contribution in [-0.2, 0) is 6.42 Å². The van der Waals surface area contributed by atoms with Crippen LogP contribution in [0.5, 0.6) is 0 Å². The first-order valence-electron chi connectivity index (χ1n) is 7.49. The maximum absolute atomic E-state index is 12.9. The number of hydrogen-bond donors (Lipinski definition) is 0. The molecule has 1 unspecified atom stereocenters. The van der Waals surface area contributed by atoms with E-state index in [0.29, 0.717) is 22.9 Å². The highest BCUT2D eigenvalue weighted by molar-refractivity contribution is 9.10. The third-order valence-corrected chi connectivity index (χ3v) is 4.87. The Morgan fingerprint density at radius 2 is 2.17 bits per heavy atom. The number of aromatic nitrogens is 4. The number of carbonyl (C=O) groups excluding carboxylic acids is 1. The van der Waals surface area contributed by atoms with Crippen molar-refractivity contribution in [3.05, 3.63) is 57.2 Å². The lowest BCUT2D eigenvalue weighted by molar-refractivity contribution is 0.0669. The zero-order valence-corrected chi connectivity index (χ0v) is 15.1. The molecule has 0 aliphatic carbocycles. The molecule has 4 heterocycles. The molecule has 0 N–H and O–H groups in total. The summed E-state index contributed by atoms with van der Waals surface area (Å²) in [6, 6.07) is 3.64. The molecule has 0 aromatic carbocycles. The number of carbonyl (C=O) groups is 1. The molecular formula is C16H13BrClN5O. The van der Waals surface area contributed by atoms with Gasteiger partial charge >= 0.3 is 0 Å². The van der Waals surface area contributed by atoms with Crippen LogP contribution in [0.25, 0.3) is 5.65 Å². The number of pyridine rings is 1. The average molecular weight is 407 g/mol. The van der Waals surface area contributed by atoms with Crippen molar-refractivity contribution in [1.82, 2.24) is 24.5 Å². The quantitative estimate of drug-likeness (QED) is 0.622. The largest absolute Gasteiger partial charge is 0.330 e. The minimum Gasteiger partial charge on any atom is -0.330 e. The van der Waals surface area contributed by atoms with E-state index in [-0.39, 0.29) is 11.9 Å². The summed E-state index contributed by atoms with van der Waals surface area (Å²) >= 11 is 9.37. The van der Waals surface area contributed by atoms with E-state index in [4.69, 9.17) is 11.6 Å². The molecule has 8 heteroatoms. The molecule has 0 fully saturated rings. The molecule has 0 saturated carbocycles. The standard InChI is InChI=1S/C16H13BrClN5O/c1-9-12-4-10(17)6-19-13(12)2-3-22(9)16(24)14-5-15-20-7-11(18)8-23(15)21-14/h4-9H,2-3H2,1H3. The van der Waals surface area contributed by atoms with Crippen molar-refractivity contribution in [2.75, 3.05) is 6.54 Å². The summed E-state index contributed by atoms with van der Waals surface area (Å²) in [6.07, 6.45) is 5.70. The third-order valence-electron chi connectivity index (χ3n) is 4.24. The summed E-state index contributed by atoms with van der Waals surface area (Å²) in [7, 11) is 0. The predicted octanol–water partition coefficient (Wildman–Crippen LogP) is 3.30. The first-order valence-corrected chi connectivity index (χ1v) is 8.66. The molecule has 1 amide bonds. The Morgan fingerprint density at radius 3 is 3.00 bits per heavy atom. The number of hydrogen-bond acceptors (Lipinski definition) is 4. The van der Waals surface area contributed by atoms with Gasteiger partial charge in [-0.05, 0) is 34.5 Å². The van der Waals surface area contributed by atoms with Crippen molar-refractivity contribution in [2.45, 2.75) is 19.4 Å². The van der Waals surface area contributed by atoms with Gasteiger partial charge in [0.25, 0.3) is 5.91 Å². The minimum atomic E-state index is -0.116. The van der Waals surface area contributed by atoms with Gasteiger partial charge < -0.3 is 4.90 Å². The number of fused-ring (bicyclic) bond motifs is 2. The fourth-order valence-corrected chi connectivity index (χ4v) is 3.52. The van der Waals surface area contributed by atoms with Crippen LogP contribution in [0.15, 0.2) is 35.2 Å². The van der Waals surface area contributed by atoms with Gasteiger partial charge in [0.05, 0.1) is 17.3 Å². The number of amides is 1. The summed E-state index contributed by atoms with van der Waals surface area (Å²) in [5.74, 6) is -0.116. The van der Waals surface area contributed by atoms with Crippen LogP contribution in [0, 0.1) is 0 Å². The first kappa shape index (κ1) is 15.5. The molecule has 1 aliphatic heterocycles. The molecule has 6 nitrogen and oxygen atoms in total. The zero-order chi connectivity index (χ0) is 16.8. The van der Waals surface area contributed by atoms with Crippen LogP contribution >= 0.6 is 27.5 Å². The van der Waals surface area contributed by atoms with E-state index in [9.17, 15) is 4.79 Å². The van der Waals surface area contributed by atoms with E-state index in [0.717, 1.165) is 22.2 Å². The zero-order valence-electron chi connectivity index (χ0n) is 12.8. The van der Waals surface area contributed by atoms with Crippen molar-refractivity contribution in [2.24, 2.45) is 0 Å². The van der Waals surface area contributed by atoms with Crippen molar-refractivity contribution in [3.8, 4) is 0 Å². The predicted molar refractivity (Wildman–Crippen MR) is 93.1 cm³/mol. The highest BCUT2D eigenvalue weighted by atomic mass is 79.9.